The van der Waals surface area contributed by atoms with E-state index in [4.69, 9.17) is 5.73 Å². The zero-order valence-electron chi connectivity index (χ0n) is 11.6. The first kappa shape index (κ1) is 13.5. The summed E-state index contributed by atoms with van der Waals surface area (Å²) in [4.78, 5) is 6.74. The van der Waals surface area contributed by atoms with Crippen LogP contribution in [0.5, 0.6) is 0 Å². The normalized spacial score (nSPS) is 19.1. The summed E-state index contributed by atoms with van der Waals surface area (Å²) in [6.07, 6.45) is 10.6. The largest absolute Gasteiger partial charge is 0.329 e. The van der Waals surface area contributed by atoms with E-state index in [2.05, 4.69) is 29.9 Å². The molecule has 100 valence electrons. The summed E-state index contributed by atoms with van der Waals surface area (Å²) >= 11 is 0. The summed E-state index contributed by atoms with van der Waals surface area (Å²) in [6, 6.07) is 3.07. The number of pyridine rings is 1. The van der Waals surface area contributed by atoms with Crippen molar-refractivity contribution >= 4 is 0 Å². The lowest BCUT2D eigenvalue weighted by molar-refractivity contribution is 0.140. The average molecular weight is 247 g/mol. The van der Waals surface area contributed by atoms with Crippen molar-refractivity contribution in [3.05, 3.63) is 29.6 Å². The molecule has 0 spiro atoms. The van der Waals surface area contributed by atoms with E-state index in [1.165, 1.54) is 43.2 Å². The van der Waals surface area contributed by atoms with Crippen molar-refractivity contribution in [2.75, 3.05) is 13.6 Å². The average Bonchev–Trinajstić information content (AvgIpc) is 2.42. The summed E-state index contributed by atoms with van der Waals surface area (Å²) in [5.41, 5.74) is 8.59. The van der Waals surface area contributed by atoms with Gasteiger partial charge in [0, 0.05) is 31.0 Å². The minimum Gasteiger partial charge on any atom is -0.329 e. The summed E-state index contributed by atoms with van der Waals surface area (Å²) < 4.78 is 0. The van der Waals surface area contributed by atoms with Crippen LogP contribution >= 0.6 is 0 Å². The van der Waals surface area contributed by atoms with E-state index >= 15 is 0 Å². The Bertz CT molecular complexity index is 372. The minimum absolute atomic E-state index is 0.307. The predicted octanol–water partition coefficient (Wildman–Crippen LogP) is 2.65. The molecule has 18 heavy (non-hydrogen) atoms. The van der Waals surface area contributed by atoms with Crippen molar-refractivity contribution in [3.8, 4) is 0 Å². The van der Waals surface area contributed by atoms with Crippen LogP contribution in [0, 0.1) is 6.92 Å². The molecule has 0 amide bonds. The smallest absolute Gasteiger partial charge is 0.0488 e. The third-order valence-corrected chi connectivity index (χ3v) is 4.30. The van der Waals surface area contributed by atoms with Crippen LogP contribution in [0.2, 0.25) is 0 Å². The fourth-order valence-electron chi connectivity index (χ4n) is 3.08. The number of aryl methyl sites for hydroxylation is 1. The number of hydrogen-bond acceptors (Lipinski definition) is 3. The molecule has 1 saturated carbocycles. The molecule has 1 aliphatic carbocycles. The quantitative estimate of drug-likeness (QED) is 0.889. The van der Waals surface area contributed by atoms with Gasteiger partial charge in [0.25, 0.3) is 0 Å². The number of hydrogen-bond donors (Lipinski definition) is 1. The first-order chi connectivity index (χ1) is 8.74. The van der Waals surface area contributed by atoms with Crippen molar-refractivity contribution in [3.63, 3.8) is 0 Å². The molecule has 3 nitrogen and oxygen atoms in total. The lowest BCUT2D eigenvalue weighted by Crippen LogP contribution is -2.40. The van der Waals surface area contributed by atoms with E-state index in [0.717, 1.165) is 0 Å². The van der Waals surface area contributed by atoms with E-state index in [1.807, 2.05) is 12.4 Å². The van der Waals surface area contributed by atoms with Crippen molar-refractivity contribution in [1.29, 1.82) is 0 Å². The Morgan fingerprint density at radius 2 is 2.11 bits per heavy atom. The fourth-order valence-corrected chi connectivity index (χ4v) is 3.08. The highest BCUT2D eigenvalue weighted by Crippen LogP contribution is 2.29. The van der Waals surface area contributed by atoms with Crippen LogP contribution in [0.3, 0.4) is 0 Å². The summed E-state index contributed by atoms with van der Waals surface area (Å²) in [5.74, 6) is 0. The summed E-state index contributed by atoms with van der Waals surface area (Å²) in [7, 11) is 2.22. The zero-order valence-corrected chi connectivity index (χ0v) is 11.6. The fraction of sp³-hybridized carbons (Fsp3) is 0.667. The van der Waals surface area contributed by atoms with Gasteiger partial charge in [0.05, 0.1) is 0 Å². The Kier molecular flexibility index (Phi) is 4.72. The minimum atomic E-state index is 0.307. The van der Waals surface area contributed by atoms with Crippen LogP contribution in [-0.2, 0) is 0 Å². The zero-order chi connectivity index (χ0) is 13.0. The molecule has 2 rings (SSSR count). The van der Waals surface area contributed by atoms with Crippen LogP contribution in [0.1, 0.15) is 49.3 Å². The Labute approximate surface area is 110 Å². The van der Waals surface area contributed by atoms with E-state index in [1.54, 1.807) is 0 Å². The van der Waals surface area contributed by atoms with Crippen LogP contribution in [-0.4, -0.2) is 29.5 Å². The third-order valence-electron chi connectivity index (χ3n) is 4.30. The van der Waals surface area contributed by atoms with Gasteiger partial charge in [0.2, 0.25) is 0 Å². The van der Waals surface area contributed by atoms with Gasteiger partial charge in [-0.3, -0.25) is 9.88 Å². The first-order valence-electron chi connectivity index (χ1n) is 7.06. The molecule has 0 bridgehead atoms. The highest BCUT2D eigenvalue weighted by atomic mass is 15.2. The molecule has 1 aromatic rings. The number of rotatable bonds is 4. The molecule has 2 N–H and O–H groups in total. The third kappa shape index (κ3) is 2.90. The summed E-state index contributed by atoms with van der Waals surface area (Å²) in [6.45, 7) is 2.81. The molecule has 3 heteroatoms. The second-order valence-corrected chi connectivity index (χ2v) is 5.44. The maximum absolute atomic E-state index is 6.01. The van der Waals surface area contributed by atoms with Gasteiger partial charge in [0.1, 0.15) is 0 Å². The highest BCUT2D eigenvalue weighted by molar-refractivity contribution is 5.25. The second kappa shape index (κ2) is 6.30. The van der Waals surface area contributed by atoms with Gasteiger partial charge < -0.3 is 5.73 Å². The molecule has 1 atom stereocenters. The van der Waals surface area contributed by atoms with Gasteiger partial charge in [0.15, 0.2) is 0 Å². The molecule has 0 saturated heterocycles. The summed E-state index contributed by atoms with van der Waals surface area (Å²) in [5, 5.41) is 0. The standard InChI is InChI=1S/C15H25N3/c1-12-8-9-17-11-14(12)15(10-16)18(2)13-6-4-3-5-7-13/h8-9,11,13,15H,3-7,10,16H2,1-2H3. The van der Waals surface area contributed by atoms with Crippen molar-refractivity contribution in [2.45, 2.75) is 51.1 Å². The number of nitrogens with zero attached hydrogens (tertiary/aromatic N) is 2. The molecule has 0 aromatic carbocycles. The van der Waals surface area contributed by atoms with E-state index in [0.29, 0.717) is 18.6 Å². The van der Waals surface area contributed by atoms with Gasteiger partial charge in [-0.05, 0) is 44.0 Å². The number of likely N-dealkylation sites (N-methyl/N-ethyl adjacent to an activating group) is 1. The Hall–Kier alpha value is -0.930. The molecule has 1 heterocycles. The lowest BCUT2D eigenvalue weighted by Gasteiger charge is -2.37. The van der Waals surface area contributed by atoms with E-state index in [9.17, 15) is 0 Å². The monoisotopic (exact) mass is 247 g/mol. The predicted molar refractivity (Wildman–Crippen MR) is 75.4 cm³/mol. The number of aromatic nitrogens is 1. The molecule has 0 radical (unpaired) electrons. The molecular formula is C15H25N3. The number of nitrogens with two attached hydrogens (primary N) is 1. The van der Waals surface area contributed by atoms with E-state index in [-0.39, 0.29) is 0 Å². The van der Waals surface area contributed by atoms with Gasteiger partial charge in [-0.2, -0.15) is 0 Å². The van der Waals surface area contributed by atoms with Crippen molar-refractivity contribution in [1.82, 2.24) is 9.88 Å². The van der Waals surface area contributed by atoms with Crippen LogP contribution in [0.25, 0.3) is 0 Å². The molecule has 0 aliphatic heterocycles. The maximum atomic E-state index is 6.01. The molecule has 1 aliphatic rings. The van der Waals surface area contributed by atoms with Crippen LogP contribution in [0.4, 0.5) is 0 Å². The Morgan fingerprint density at radius 3 is 2.72 bits per heavy atom. The maximum Gasteiger partial charge on any atom is 0.0488 e. The lowest BCUT2D eigenvalue weighted by atomic mass is 9.92. The Balaban J connectivity index is 2.14. The molecule has 1 aromatic heterocycles. The molecule has 1 unspecified atom stereocenters. The van der Waals surface area contributed by atoms with Gasteiger partial charge in [-0.1, -0.05) is 19.3 Å². The first-order valence-corrected chi connectivity index (χ1v) is 7.06. The van der Waals surface area contributed by atoms with Crippen molar-refractivity contribution in [2.24, 2.45) is 5.73 Å². The Morgan fingerprint density at radius 1 is 1.39 bits per heavy atom. The SMILES string of the molecule is Cc1ccncc1C(CN)N(C)C1CCCCC1. The molecular weight excluding hydrogens is 222 g/mol. The van der Waals surface area contributed by atoms with Crippen LogP contribution < -0.4 is 5.73 Å². The van der Waals surface area contributed by atoms with Crippen LogP contribution in [0.15, 0.2) is 18.5 Å². The second-order valence-electron chi connectivity index (χ2n) is 5.44. The topological polar surface area (TPSA) is 42.1 Å². The van der Waals surface area contributed by atoms with Gasteiger partial charge in [-0.15, -0.1) is 0 Å². The van der Waals surface area contributed by atoms with Gasteiger partial charge >= 0.3 is 0 Å². The molecule has 1 fully saturated rings. The van der Waals surface area contributed by atoms with E-state index < -0.39 is 0 Å². The van der Waals surface area contributed by atoms with Gasteiger partial charge in [-0.25, -0.2) is 0 Å². The van der Waals surface area contributed by atoms with Crippen molar-refractivity contribution < 1.29 is 0 Å². The highest BCUT2D eigenvalue weighted by Gasteiger charge is 2.25.